The Morgan fingerprint density at radius 2 is 2.04 bits per heavy atom. The molecule has 0 amide bonds. The molecule has 0 N–H and O–H groups in total. The van der Waals surface area contributed by atoms with Crippen LogP contribution >= 0.6 is 0 Å². The molecular weight excluding hydrogens is 364 g/mol. The average molecular weight is 388 g/mol. The van der Waals surface area contributed by atoms with Gasteiger partial charge in [0, 0.05) is 13.6 Å². The number of nitrogens with zero attached hydrogens (tertiary/aromatic N) is 6. The van der Waals surface area contributed by atoms with E-state index in [0.29, 0.717) is 17.2 Å². The Kier molecular flexibility index (Phi) is 5.21. The van der Waals surface area contributed by atoms with Crippen LogP contribution in [0.25, 0.3) is 11.2 Å². The number of aryl methyl sites for hydroxylation is 1. The SMILES string of the molecule is C/C=C/Cn1c(=O)c2c(nc3n2[C@H](C)C(C)=NN3CC(=O)OCC)n(C)c1=O. The van der Waals surface area contributed by atoms with Crippen LogP contribution in [0.15, 0.2) is 26.8 Å². The average Bonchev–Trinajstić information content (AvgIpc) is 3.06. The first-order valence-electron chi connectivity index (χ1n) is 9.12. The molecular formula is C18H24N6O4. The number of esters is 1. The van der Waals surface area contributed by atoms with Crippen molar-refractivity contribution in [1.82, 2.24) is 18.7 Å². The van der Waals surface area contributed by atoms with Crippen LogP contribution in [0.4, 0.5) is 5.95 Å². The summed E-state index contributed by atoms with van der Waals surface area (Å²) in [5.74, 6) is -0.122. The maximum absolute atomic E-state index is 13.1. The monoisotopic (exact) mass is 388 g/mol. The fourth-order valence-corrected chi connectivity index (χ4v) is 3.19. The van der Waals surface area contributed by atoms with Gasteiger partial charge >= 0.3 is 11.7 Å². The van der Waals surface area contributed by atoms with E-state index in [0.717, 1.165) is 0 Å². The number of ether oxygens (including phenoxy) is 1. The van der Waals surface area contributed by atoms with Gasteiger partial charge in [-0.15, -0.1) is 0 Å². The number of anilines is 1. The van der Waals surface area contributed by atoms with E-state index in [-0.39, 0.29) is 31.4 Å². The van der Waals surface area contributed by atoms with Crippen LogP contribution in [0.5, 0.6) is 0 Å². The summed E-state index contributed by atoms with van der Waals surface area (Å²) in [5.41, 5.74) is 0.398. The Morgan fingerprint density at radius 3 is 2.68 bits per heavy atom. The zero-order chi connectivity index (χ0) is 20.6. The first kappa shape index (κ1) is 19.6. The number of aromatic nitrogens is 4. The largest absolute Gasteiger partial charge is 0.465 e. The molecule has 10 nitrogen and oxygen atoms in total. The van der Waals surface area contributed by atoms with Gasteiger partial charge in [0.15, 0.2) is 11.2 Å². The molecule has 1 aliphatic heterocycles. The molecule has 0 spiro atoms. The zero-order valence-electron chi connectivity index (χ0n) is 16.7. The molecule has 28 heavy (non-hydrogen) atoms. The Bertz CT molecular complexity index is 1100. The molecule has 3 heterocycles. The van der Waals surface area contributed by atoms with Crippen molar-refractivity contribution < 1.29 is 9.53 Å². The molecule has 0 aliphatic carbocycles. The summed E-state index contributed by atoms with van der Waals surface area (Å²) in [6.45, 7) is 7.55. The van der Waals surface area contributed by atoms with E-state index >= 15 is 0 Å². The normalized spacial score (nSPS) is 16.5. The third-order valence-electron chi connectivity index (χ3n) is 4.77. The van der Waals surface area contributed by atoms with E-state index in [2.05, 4.69) is 10.1 Å². The molecule has 0 saturated carbocycles. The van der Waals surface area contributed by atoms with Crippen molar-refractivity contribution in [2.75, 3.05) is 18.2 Å². The summed E-state index contributed by atoms with van der Waals surface area (Å²) in [6.07, 6.45) is 3.52. The molecule has 1 atom stereocenters. The minimum Gasteiger partial charge on any atom is -0.465 e. The number of allylic oxidation sites excluding steroid dienone is 2. The number of hydrogen-bond donors (Lipinski definition) is 0. The van der Waals surface area contributed by atoms with E-state index in [1.807, 2.05) is 20.8 Å². The number of hydrazone groups is 1. The van der Waals surface area contributed by atoms with Crippen molar-refractivity contribution in [1.29, 1.82) is 0 Å². The summed E-state index contributed by atoms with van der Waals surface area (Å²) in [4.78, 5) is 42.2. The topological polar surface area (TPSA) is 104 Å². The molecule has 150 valence electrons. The number of imidazole rings is 1. The van der Waals surface area contributed by atoms with Gasteiger partial charge in [0.25, 0.3) is 5.56 Å². The van der Waals surface area contributed by atoms with Crippen LogP contribution in [-0.4, -0.2) is 43.5 Å². The lowest BCUT2D eigenvalue weighted by Crippen LogP contribution is -2.40. The van der Waals surface area contributed by atoms with Gasteiger partial charge in [-0.05, 0) is 27.7 Å². The van der Waals surface area contributed by atoms with Crippen LogP contribution in [0.3, 0.4) is 0 Å². The van der Waals surface area contributed by atoms with Crippen LogP contribution in [0.2, 0.25) is 0 Å². The molecule has 1 aliphatic rings. The van der Waals surface area contributed by atoms with Gasteiger partial charge in [-0.3, -0.25) is 23.3 Å². The number of rotatable bonds is 5. The quantitative estimate of drug-likeness (QED) is 0.554. The van der Waals surface area contributed by atoms with E-state index in [1.165, 1.54) is 14.1 Å². The Hall–Kier alpha value is -3.17. The van der Waals surface area contributed by atoms with Gasteiger partial charge in [0.1, 0.15) is 6.54 Å². The lowest BCUT2D eigenvalue weighted by molar-refractivity contribution is -0.141. The lowest BCUT2D eigenvalue weighted by atomic mass is 10.2. The highest BCUT2D eigenvalue weighted by molar-refractivity contribution is 5.92. The fourth-order valence-electron chi connectivity index (χ4n) is 3.19. The predicted molar refractivity (Wildman–Crippen MR) is 106 cm³/mol. The smallest absolute Gasteiger partial charge is 0.332 e. The Labute approximate surface area is 161 Å². The Morgan fingerprint density at radius 1 is 1.32 bits per heavy atom. The van der Waals surface area contributed by atoms with Crippen molar-refractivity contribution in [2.24, 2.45) is 12.1 Å². The van der Waals surface area contributed by atoms with Crippen molar-refractivity contribution >= 4 is 28.8 Å². The molecule has 0 aromatic carbocycles. The van der Waals surface area contributed by atoms with Crippen LogP contribution in [-0.2, 0) is 23.1 Å². The first-order valence-corrected chi connectivity index (χ1v) is 9.12. The molecule has 0 radical (unpaired) electrons. The van der Waals surface area contributed by atoms with Gasteiger partial charge in [0.05, 0.1) is 18.4 Å². The van der Waals surface area contributed by atoms with Crippen LogP contribution in [0, 0.1) is 0 Å². The van der Waals surface area contributed by atoms with Crippen molar-refractivity contribution in [3.63, 3.8) is 0 Å². The van der Waals surface area contributed by atoms with Crippen molar-refractivity contribution in [3.8, 4) is 0 Å². The Balaban J connectivity index is 2.27. The molecule has 0 unspecified atom stereocenters. The van der Waals surface area contributed by atoms with E-state index in [9.17, 15) is 14.4 Å². The van der Waals surface area contributed by atoms with E-state index < -0.39 is 17.2 Å². The molecule has 3 rings (SSSR count). The number of carbonyl (C=O) groups excluding carboxylic acids is 1. The summed E-state index contributed by atoms with van der Waals surface area (Å²) in [7, 11) is 1.57. The summed E-state index contributed by atoms with van der Waals surface area (Å²) >= 11 is 0. The molecule has 2 aromatic rings. The zero-order valence-corrected chi connectivity index (χ0v) is 16.7. The van der Waals surface area contributed by atoms with Crippen molar-refractivity contribution in [3.05, 3.63) is 33.0 Å². The minimum atomic E-state index is -0.452. The van der Waals surface area contributed by atoms with Gasteiger partial charge < -0.3 is 4.74 Å². The summed E-state index contributed by atoms with van der Waals surface area (Å²) in [6, 6.07) is -0.251. The third-order valence-corrected chi connectivity index (χ3v) is 4.77. The second kappa shape index (κ2) is 7.45. The summed E-state index contributed by atoms with van der Waals surface area (Å²) < 4.78 is 9.25. The van der Waals surface area contributed by atoms with E-state index in [1.54, 1.807) is 30.7 Å². The van der Waals surface area contributed by atoms with Gasteiger partial charge in [-0.2, -0.15) is 10.1 Å². The summed E-state index contributed by atoms with van der Waals surface area (Å²) in [5, 5.41) is 5.84. The highest BCUT2D eigenvalue weighted by Gasteiger charge is 2.31. The first-order chi connectivity index (χ1) is 13.3. The molecule has 0 fully saturated rings. The standard InChI is InChI=1S/C18H24N6O4/c1-6-8-9-22-16(26)14-15(21(5)18(22)27)19-17-23(10-13(25)28-7-2)20-11(3)12(4)24(14)17/h6,8,12H,7,9-10H2,1-5H3/b8-6+/t12-/m1/s1. The highest BCUT2D eigenvalue weighted by Crippen LogP contribution is 2.29. The maximum atomic E-state index is 13.1. The van der Waals surface area contributed by atoms with Gasteiger partial charge in [0.2, 0.25) is 5.95 Å². The molecule has 2 aromatic heterocycles. The molecule has 0 bridgehead atoms. The molecule has 0 saturated heterocycles. The predicted octanol–water partition coefficient (Wildman–Crippen LogP) is 0.793. The van der Waals surface area contributed by atoms with Crippen LogP contribution in [0.1, 0.15) is 33.7 Å². The van der Waals surface area contributed by atoms with Gasteiger partial charge in [-0.1, -0.05) is 12.2 Å². The van der Waals surface area contributed by atoms with E-state index in [4.69, 9.17) is 4.74 Å². The number of hydrogen-bond acceptors (Lipinski definition) is 7. The van der Waals surface area contributed by atoms with Gasteiger partial charge in [-0.25, -0.2) is 9.80 Å². The minimum absolute atomic E-state index is 0.137. The lowest BCUT2D eigenvalue weighted by Gasteiger charge is -2.28. The fraction of sp³-hybridized carbons (Fsp3) is 0.500. The van der Waals surface area contributed by atoms with Crippen LogP contribution < -0.4 is 16.3 Å². The second-order valence-corrected chi connectivity index (χ2v) is 6.56. The van der Waals surface area contributed by atoms with Crippen molar-refractivity contribution in [2.45, 2.75) is 40.3 Å². The highest BCUT2D eigenvalue weighted by atomic mass is 16.5. The number of fused-ring (bicyclic) bond motifs is 3. The maximum Gasteiger partial charge on any atom is 0.332 e. The third kappa shape index (κ3) is 3.04. The molecule has 10 heteroatoms. The number of carbonyl (C=O) groups is 1. The second-order valence-electron chi connectivity index (χ2n) is 6.56.